The van der Waals surface area contributed by atoms with Crippen molar-refractivity contribution in [2.45, 2.75) is 52.2 Å². The monoisotopic (exact) mass is 359 g/mol. The maximum atomic E-state index is 12.7. The molecule has 0 spiro atoms. The molecule has 0 radical (unpaired) electrons. The van der Waals surface area contributed by atoms with Gasteiger partial charge < -0.3 is 19.4 Å². The Kier molecular flexibility index (Phi) is 5.12. The van der Waals surface area contributed by atoms with Gasteiger partial charge in [0, 0.05) is 6.54 Å². The number of hydrogen-bond donors (Lipinski definition) is 1. The van der Waals surface area contributed by atoms with Crippen molar-refractivity contribution in [2.24, 2.45) is 0 Å². The Morgan fingerprint density at radius 3 is 2.24 bits per heavy atom. The molecule has 138 valence electrons. The van der Waals surface area contributed by atoms with E-state index in [0.717, 1.165) is 6.07 Å². The number of benzene rings is 1. The number of carbonyl (C=O) groups excluding carboxylic acids is 1. The van der Waals surface area contributed by atoms with Crippen LogP contribution in [-0.4, -0.2) is 37.1 Å². The summed E-state index contributed by atoms with van der Waals surface area (Å²) >= 11 is 0. The Balaban J connectivity index is 2.39. The first-order valence-corrected chi connectivity index (χ1v) is 7.90. The number of nitrogens with one attached hydrogen (secondary N) is 1. The molecule has 1 amide bonds. The van der Waals surface area contributed by atoms with Crippen LogP contribution in [0.2, 0.25) is 0 Å². The van der Waals surface area contributed by atoms with Crippen LogP contribution in [0.15, 0.2) is 18.2 Å². The number of hydrogen-bond acceptors (Lipinski definition) is 4. The maximum absolute atomic E-state index is 12.7. The molecule has 0 aromatic heterocycles. The molecule has 1 N–H and O–H groups in total. The van der Waals surface area contributed by atoms with Gasteiger partial charge in [-0.3, -0.25) is 4.79 Å². The lowest BCUT2D eigenvalue weighted by Gasteiger charge is -2.32. The van der Waals surface area contributed by atoms with Gasteiger partial charge in [0.05, 0.1) is 16.8 Å². The Morgan fingerprint density at radius 1 is 1.20 bits per heavy atom. The van der Waals surface area contributed by atoms with Gasteiger partial charge in [0.15, 0.2) is 0 Å². The summed E-state index contributed by atoms with van der Waals surface area (Å²) in [5.74, 6) is -1.24. The number of rotatable bonds is 4. The Hall–Kier alpha value is -1.74. The minimum Gasteiger partial charge on any atom is -0.405 e. The van der Waals surface area contributed by atoms with E-state index in [4.69, 9.17) is 9.31 Å². The summed E-state index contributed by atoms with van der Waals surface area (Å²) < 4.78 is 53.8. The number of ether oxygens (including phenoxy) is 1. The van der Waals surface area contributed by atoms with Crippen molar-refractivity contribution >= 4 is 18.5 Å². The Bertz CT molecular complexity index is 645. The van der Waals surface area contributed by atoms with Gasteiger partial charge in [-0.2, -0.15) is 0 Å². The van der Waals surface area contributed by atoms with Crippen molar-refractivity contribution in [3.63, 3.8) is 0 Å². The number of carbonyl (C=O) groups is 1. The van der Waals surface area contributed by atoms with Crippen LogP contribution in [0.1, 0.15) is 45.0 Å². The van der Waals surface area contributed by atoms with Gasteiger partial charge in [-0.1, -0.05) is 6.07 Å². The first-order valence-electron chi connectivity index (χ1n) is 7.90. The predicted molar refractivity (Wildman–Crippen MR) is 86.8 cm³/mol. The summed E-state index contributed by atoms with van der Waals surface area (Å²) in [5, 5.41) is 2.45. The third-order valence-electron chi connectivity index (χ3n) is 4.34. The fraction of sp³-hybridized carbons (Fsp3) is 0.562. The van der Waals surface area contributed by atoms with E-state index in [0.29, 0.717) is 5.46 Å². The molecule has 0 aliphatic carbocycles. The molecule has 1 aromatic carbocycles. The highest BCUT2D eigenvalue weighted by molar-refractivity contribution is 6.62. The third kappa shape index (κ3) is 4.27. The molecular formula is C16H21BF3NO4. The van der Waals surface area contributed by atoms with E-state index in [1.165, 1.54) is 12.1 Å². The summed E-state index contributed by atoms with van der Waals surface area (Å²) in [5.41, 5.74) is -1.15. The molecule has 5 nitrogen and oxygen atoms in total. The average Bonchev–Trinajstić information content (AvgIpc) is 2.66. The third-order valence-corrected chi connectivity index (χ3v) is 4.34. The fourth-order valence-electron chi connectivity index (χ4n) is 2.32. The van der Waals surface area contributed by atoms with Crippen LogP contribution < -0.4 is 15.5 Å². The molecular weight excluding hydrogens is 338 g/mol. The van der Waals surface area contributed by atoms with Gasteiger partial charge in [0.1, 0.15) is 5.75 Å². The second-order valence-corrected chi connectivity index (χ2v) is 6.75. The molecule has 25 heavy (non-hydrogen) atoms. The van der Waals surface area contributed by atoms with E-state index in [-0.39, 0.29) is 12.1 Å². The molecule has 2 rings (SSSR count). The van der Waals surface area contributed by atoms with E-state index >= 15 is 0 Å². The highest BCUT2D eigenvalue weighted by atomic mass is 19.4. The number of halogens is 3. The largest absolute Gasteiger partial charge is 0.573 e. The zero-order valence-corrected chi connectivity index (χ0v) is 14.8. The molecule has 0 unspecified atom stereocenters. The van der Waals surface area contributed by atoms with Gasteiger partial charge in [-0.05, 0) is 52.2 Å². The van der Waals surface area contributed by atoms with Crippen LogP contribution in [0.5, 0.6) is 5.75 Å². The summed E-state index contributed by atoms with van der Waals surface area (Å²) in [4.78, 5) is 12.0. The normalized spacial score (nSPS) is 19.0. The van der Waals surface area contributed by atoms with E-state index in [1.807, 2.05) is 27.7 Å². The Labute approximate surface area is 145 Å². The summed E-state index contributed by atoms with van der Waals surface area (Å²) in [7, 11) is -0.858. The van der Waals surface area contributed by atoms with E-state index in [9.17, 15) is 18.0 Å². The molecule has 0 atom stereocenters. The van der Waals surface area contributed by atoms with E-state index in [1.54, 1.807) is 6.92 Å². The van der Waals surface area contributed by atoms with Gasteiger partial charge in [0.2, 0.25) is 0 Å². The van der Waals surface area contributed by atoms with Crippen molar-refractivity contribution < 1.29 is 32.0 Å². The lowest BCUT2D eigenvalue weighted by Crippen LogP contribution is -2.41. The summed E-state index contributed by atoms with van der Waals surface area (Å²) in [6.07, 6.45) is -4.92. The lowest BCUT2D eigenvalue weighted by atomic mass is 9.78. The fourth-order valence-corrected chi connectivity index (χ4v) is 2.32. The van der Waals surface area contributed by atoms with Crippen molar-refractivity contribution in [2.75, 3.05) is 6.54 Å². The molecule has 1 fully saturated rings. The molecule has 0 saturated carbocycles. The number of amides is 1. The molecule has 9 heteroatoms. The minimum atomic E-state index is -4.92. The van der Waals surface area contributed by atoms with Crippen LogP contribution in [-0.2, 0) is 9.31 Å². The number of alkyl halides is 3. The van der Waals surface area contributed by atoms with Crippen molar-refractivity contribution in [1.82, 2.24) is 5.32 Å². The van der Waals surface area contributed by atoms with Crippen LogP contribution in [0.4, 0.5) is 13.2 Å². The maximum Gasteiger partial charge on any atom is 0.573 e. The van der Waals surface area contributed by atoms with Crippen LogP contribution in [0.3, 0.4) is 0 Å². The molecule has 1 saturated heterocycles. The quantitative estimate of drug-likeness (QED) is 0.840. The minimum absolute atomic E-state index is 0.209. The zero-order chi connectivity index (χ0) is 19.0. The van der Waals surface area contributed by atoms with Crippen molar-refractivity contribution in [1.29, 1.82) is 0 Å². The van der Waals surface area contributed by atoms with Crippen molar-refractivity contribution in [3.05, 3.63) is 23.8 Å². The van der Waals surface area contributed by atoms with Crippen LogP contribution in [0, 0.1) is 0 Å². The molecule has 1 aliphatic rings. The second-order valence-electron chi connectivity index (χ2n) is 6.75. The second kappa shape index (κ2) is 6.53. The standard InChI is InChI=1S/C16H21BF3NO4/c1-6-21-13(22)11-8-7-10(9-12(11)23-16(18,19)20)17-24-14(2,3)15(4,5)25-17/h7-9H,6H2,1-5H3,(H,21,22). The van der Waals surface area contributed by atoms with E-state index < -0.39 is 36.3 Å². The highest BCUT2D eigenvalue weighted by Crippen LogP contribution is 2.37. The highest BCUT2D eigenvalue weighted by Gasteiger charge is 2.52. The molecule has 1 heterocycles. The van der Waals surface area contributed by atoms with Crippen LogP contribution >= 0.6 is 0 Å². The lowest BCUT2D eigenvalue weighted by molar-refractivity contribution is -0.274. The molecule has 1 aromatic rings. The molecule has 1 aliphatic heterocycles. The first-order chi connectivity index (χ1) is 11.4. The summed E-state index contributed by atoms with van der Waals surface area (Å²) in [6.45, 7) is 9.29. The SMILES string of the molecule is CCNC(=O)c1ccc(B2OC(C)(C)C(C)(C)O2)cc1OC(F)(F)F. The van der Waals surface area contributed by atoms with Crippen LogP contribution in [0.25, 0.3) is 0 Å². The molecule has 0 bridgehead atoms. The smallest absolute Gasteiger partial charge is 0.405 e. The van der Waals surface area contributed by atoms with Gasteiger partial charge in [0.25, 0.3) is 5.91 Å². The summed E-state index contributed by atoms with van der Waals surface area (Å²) in [6, 6.07) is 3.89. The van der Waals surface area contributed by atoms with Crippen molar-refractivity contribution in [3.8, 4) is 5.75 Å². The topological polar surface area (TPSA) is 56.8 Å². The first kappa shape index (κ1) is 19.6. The Morgan fingerprint density at radius 2 is 1.76 bits per heavy atom. The van der Waals surface area contributed by atoms with Gasteiger partial charge in [-0.25, -0.2) is 0 Å². The van der Waals surface area contributed by atoms with E-state index in [2.05, 4.69) is 10.1 Å². The van der Waals surface area contributed by atoms with Gasteiger partial charge in [-0.15, -0.1) is 13.2 Å². The average molecular weight is 359 g/mol. The van der Waals surface area contributed by atoms with Gasteiger partial charge >= 0.3 is 13.5 Å². The zero-order valence-electron chi connectivity index (χ0n) is 14.8. The predicted octanol–water partition coefficient (Wildman–Crippen LogP) is 2.63.